The largest absolute Gasteiger partial charge is 0.391 e. The van der Waals surface area contributed by atoms with Crippen molar-refractivity contribution in [3.05, 3.63) is 0 Å². The molecule has 3 nitrogen and oxygen atoms in total. The van der Waals surface area contributed by atoms with E-state index in [-0.39, 0.29) is 17.4 Å². The van der Waals surface area contributed by atoms with E-state index in [0.29, 0.717) is 6.42 Å². The lowest BCUT2D eigenvalue weighted by Gasteiger charge is -2.17. The zero-order valence-electron chi connectivity index (χ0n) is 7.58. The van der Waals surface area contributed by atoms with Crippen LogP contribution in [0.15, 0.2) is 0 Å². The topological polar surface area (TPSA) is 40.3 Å². The molecule has 1 heterocycles. The Bertz CT molecular complexity index is 229. The van der Waals surface area contributed by atoms with Gasteiger partial charge in [-0.2, -0.15) is 0 Å². The van der Waals surface area contributed by atoms with Gasteiger partial charge in [0.2, 0.25) is 0 Å². The summed E-state index contributed by atoms with van der Waals surface area (Å²) < 4.78 is 0. The Balaban J connectivity index is 2.20. The van der Waals surface area contributed by atoms with Crippen LogP contribution in [0, 0.1) is 0 Å². The fourth-order valence-electron chi connectivity index (χ4n) is 2.76. The first-order valence-corrected chi connectivity index (χ1v) is 4.58. The molecular weight excluding hydrogens is 154 g/mol. The highest BCUT2D eigenvalue weighted by Crippen LogP contribution is 2.52. The highest BCUT2D eigenvalue weighted by Gasteiger charge is 2.71. The molecule has 0 amide bonds. The maximum atomic E-state index is 11.3. The number of carbonyl (C=O) groups excluding carboxylic acids is 1. The molecule has 4 atom stereocenters. The molecule has 0 aromatic carbocycles. The number of carbonyl (C=O) groups is 1. The molecule has 1 saturated carbocycles. The Morgan fingerprint density at radius 2 is 2.42 bits per heavy atom. The van der Waals surface area contributed by atoms with Crippen molar-refractivity contribution < 1.29 is 9.90 Å². The molecule has 2 aliphatic rings. The van der Waals surface area contributed by atoms with Crippen LogP contribution < -0.4 is 0 Å². The zero-order valence-corrected chi connectivity index (χ0v) is 7.58. The molecule has 1 aliphatic carbocycles. The normalized spacial score (nSPS) is 50.9. The number of Topliss-reactive ketones (excluding diaryl/α,β-unsaturated/α-hetero) is 1. The van der Waals surface area contributed by atoms with Gasteiger partial charge in [-0.3, -0.25) is 9.69 Å². The Kier molecular flexibility index (Phi) is 1.57. The quantitative estimate of drug-likeness (QED) is 0.599. The summed E-state index contributed by atoms with van der Waals surface area (Å²) in [6, 6.07) is 0.0347. The molecule has 1 saturated heterocycles. The standard InChI is InChI=1S/C9H15NO2/c1-3-4-9-7(12)5-6(11)8(9)10(9)2/h7-8,12H,3-5H2,1-2H3/t7-,8+,9-,10?/m0/s1. The lowest BCUT2D eigenvalue weighted by molar-refractivity contribution is -0.119. The smallest absolute Gasteiger partial charge is 0.154 e. The Morgan fingerprint density at radius 1 is 1.75 bits per heavy atom. The molecule has 0 aromatic rings. The van der Waals surface area contributed by atoms with Crippen molar-refractivity contribution in [3.63, 3.8) is 0 Å². The molecule has 3 heteroatoms. The van der Waals surface area contributed by atoms with E-state index in [0.717, 1.165) is 12.8 Å². The SMILES string of the molecule is CCC[C@]12[C@@H](O)CC(=O)[C@H]1N2C. The second-order valence-electron chi connectivity index (χ2n) is 3.94. The molecule has 1 aliphatic heterocycles. The van der Waals surface area contributed by atoms with Crippen molar-refractivity contribution in [2.45, 2.75) is 43.9 Å². The summed E-state index contributed by atoms with van der Waals surface area (Å²) in [5.74, 6) is 0.221. The Morgan fingerprint density at radius 3 is 2.83 bits per heavy atom. The monoisotopic (exact) mass is 169 g/mol. The fraction of sp³-hybridized carbons (Fsp3) is 0.889. The summed E-state index contributed by atoms with van der Waals surface area (Å²) in [7, 11) is 1.93. The number of fused-ring (bicyclic) bond motifs is 1. The van der Waals surface area contributed by atoms with Crippen LogP contribution in [0.5, 0.6) is 0 Å². The highest BCUT2D eigenvalue weighted by atomic mass is 16.3. The third kappa shape index (κ3) is 0.709. The minimum absolute atomic E-state index is 0.0347. The maximum absolute atomic E-state index is 11.3. The predicted octanol–water partition coefficient (Wildman–Crippen LogP) is 0.173. The molecule has 12 heavy (non-hydrogen) atoms. The molecular formula is C9H15NO2. The third-order valence-electron chi connectivity index (χ3n) is 3.38. The number of likely N-dealkylation sites (N-methyl/N-ethyl adjacent to an activating group) is 1. The number of aliphatic hydroxyl groups excluding tert-OH is 1. The second-order valence-corrected chi connectivity index (χ2v) is 3.94. The molecule has 0 radical (unpaired) electrons. The summed E-state index contributed by atoms with van der Waals surface area (Å²) >= 11 is 0. The Labute approximate surface area is 72.4 Å². The number of hydrogen-bond acceptors (Lipinski definition) is 3. The van der Waals surface area contributed by atoms with Crippen LogP contribution in [0.3, 0.4) is 0 Å². The second kappa shape index (κ2) is 2.30. The van der Waals surface area contributed by atoms with Gasteiger partial charge in [-0.05, 0) is 13.5 Å². The molecule has 0 aromatic heterocycles. The fourth-order valence-corrected chi connectivity index (χ4v) is 2.76. The number of piperidine rings is 1. The first-order chi connectivity index (χ1) is 5.64. The summed E-state index contributed by atoms with van der Waals surface area (Å²) in [6.07, 6.45) is 1.93. The van der Waals surface area contributed by atoms with Crippen LogP contribution in [0.2, 0.25) is 0 Å². The number of likely N-dealkylation sites (tertiary alicyclic amines) is 1. The molecule has 1 N–H and O–H groups in total. The predicted molar refractivity (Wildman–Crippen MR) is 44.8 cm³/mol. The third-order valence-corrected chi connectivity index (χ3v) is 3.38. The summed E-state index contributed by atoms with van der Waals surface area (Å²) in [4.78, 5) is 13.3. The molecule has 68 valence electrons. The zero-order chi connectivity index (χ0) is 8.93. The highest BCUT2D eigenvalue weighted by molar-refractivity contribution is 5.93. The lowest BCUT2D eigenvalue weighted by Crippen LogP contribution is -2.31. The van der Waals surface area contributed by atoms with Gasteiger partial charge in [0.1, 0.15) is 0 Å². The molecule has 0 bridgehead atoms. The molecule has 2 fully saturated rings. The van der Waals surface area contributed by atoms with Crippen LogP contribution in [0.4, 0.5) is 0 Å². The van der Waals surface area contributed by atoms with E-state index in [1.807, 2.05) is 11.9 Å². The van der Waals surface area contributed by atoms with Crippen LogP contribution in [0.25, 0.3) is 0 Å². The van der Waals surface area contributed by atoms with Gasteiger partial charge in [0.05, 0.1) is 17.7 Å². The van der Waals surface area contributed by atoms with E-state index in [4.69, 9.17) is 0 Å². The van der Waals surface area contributed by atoms with Crippen molar-refractivity contribution in [2.75, 3.05) is 7.05 Å². The van der Waals surface area contributed by atoms with E-state index in [1.54, 1.807) is 0 Å². The van der Waals surface area contributed by atoms with Crippen LogP contribution in [-0.2, 0) is 4.79 Å². The van der Waals surface area contributed by atoms with Gasteiger partial charge in [-0.1, -0.05) is 13.3 Å². The van der Waals surface area contributed by atoms with Crippen LogP contribution >= 0.6 is 0 Å². The van der Waals surface area contributed by atoms with Crippen LogP contribution in [-0.4, -0.2) is 40.5 Å². The van der Waals surface area contributed by atoms with Gasteiger partial charge in [0, 0.05) is 6.42 Å². The Hall–Kier alpha value is -0.410. The average Bonchev–Trinajstić information content (AvgIpc) is 2.48. The number of hydrogen-bond donors (Lipinski definition) is 1. The molecule has 0 spiro atoms. The van der Waals surface area contributed by atoms with Gasteiger partial charge in [0.25, 0.3) is 0 Å². The number of nitrogens with zero attached hydrogens (tertiary/aromatic N) is 1. The first kappa shape index (κ1) is 8.20. The first-order valence-electron chi connectivity index (χ1n) is 4.58. The minimum atomic E-state index is -0.417. The van der Waals surface area contributed by atoms with Gasteiger partial charge >= 0.3 is 0 Å². The molecule has 2 rings (SSSR count). The van der Waals surface area contributed by atoms with Crippen molar-refractivity contribution >= 4 is 5.78 Å². The number of aliphatic hydroxyl groups is 1. The molecule has 1 unspecified atom stereocenters. The van der Waals surface area contributed by atoms with Crippen molar-refractivity contribution in [1.82, 2.24) is 4.90 Å². The van der Waals surface area contributed by atoms with Crippen molar-refractivity contribution in [2.24, 2.45) is 0 Å². The van der Waals surface area contributed by atoms with E-state index in [1.165, 1.54) is 0 Å². The van der Waals surface area contributed by atoms with E-state index < -0.39 is 6.10 Å². The van der Waals surface area contributed by atoms with E-state index in [2.05, 4.69) is 6.92 Å². The van der Waals surface area contributed by atoms with Gasteiger partial charge in [-0.25, -0.2) is 0 Å². The number of rotatable bonds is 2. The minimum Gasteiger partial charge on any atom is -0.391 e. The van der Waals surface area contributed by atoms with Gasteiger partial charge < -0.3 is 5.11 Å². The van der Waals surface area contributed by atoms with E-state index in [9.17, 15) is 9.90 Å². The van der Waals surface area contributed by atoms with Gasteiger partial charge in [-0.15, -0.1) is 0 Å². The van der Waals surface area contributed by atoms with Crippen molar-refractivity contribution in [1.29, 1.82) is 0 Å². The van der Waals surface area contributed by atoms with Crippen LogP contribution in [0.1, 0.15) is 26.2 Å². The maximum Gasteiger partial charge on any atom is 0.154 e. The van der Waals surface area contributed by atoms with Crippen molar-refractivity contribution in [3.8, 4) is 0 Å². The van der Waals surface area contributed by atoms with Gasteiger partial charge in [0.15, 0.2) is 5.78 Å². The number of ketones is 1. The average molecular weight is 169 g/mol. The summed E-state index contributed by atoms with van der Waals surface area (Å²) in [6.45, 7) is 2.09. The van der Waals surface area contributed by atoms with E-state index >= 15 is 0 Å². The lowest BCUT2D eigenvalue weighted by atomic mass is 9.98. The summed E-state index contributed by atoms with van der Waals surface area (Å²) in [5, 5.41) is 9.70. The summed E-state index contributed by atoms with van der Waals surface area (Å²) in [5.41, 5.74) is -0.161.